The van der Waals surface area contributed by atoms with Crippen molar-refractivity contribution in [2.45, 2.75) is 19.3 Å². The van der Waals surface area contributed by atoms with E-state index >= 15 is 0 Å². The Balaban J connectivity index is 2.31. The second-order valence-electron chi connectivity index (χ2n) is 3.03. The van der Waals surface area contributed by atoms with Crippen LogP contribution in [0.15, 0.2) is 12.3 Å². The zero-order valence-electron chi connectivity index (χ0n) is 8.16. The van der Waals surface area contributed by atoms with Gasteiger partial charge in [-0.1, -0.05) is 0 Å². The van der Waals surface area contributed by atoms with E-state index in [2.05, 4.69) is 10.4 Å². The van der Waals surface area contributed by atoms with Crippen LogP contribution in [-0.2, 0) is 11.8 Å². The molecule has 4 nitrogen and oxygen atoms in total. The summed E-state index contributed by atoms with van der Waals surface area (Å²) in [4.78, 5) is 11.3. The molecule has 0 aliphatic heterocycles. The van der Waals surface area contributed by atoms with Crippen LogP contribution in [0.3, 0.4) is 0 Å². The lowest BCUT2D eigenvalue weighted by atomic mass is 10.2. The fraction of sp³-hybridized carbons (Fsp3) is 0.556. The number of alkyl halides is 1. The first-order chi connectivity index (χ1) is 6.74. The Hall–Kier alpha value is -1.03. The average molecular weight is 216 g/mol. The Morgan fingerprint density at radius 3 is 3.00 bits per heavy atom. The maximum atomic E-state index is 11.3. The van der Waals surface area contributed by atoms with Gasteiger partial charge in [-0.05, 0) is 12.8 Å². The number of hydrogen-bond acceptors (Lipinski definition) is 2. The Morgan fingerprint density at radius 2 is 2.43 bits per heavy atom. The molecule has 0 saturated heterocycles. The average Bonchev–Trinajstić information content (AvgIpc) is 2.52. The van der Waals surface area contributed by atoms with Crippen LogP contribution < -0.4 is 5.32 Å². The normalized spacial score (nSPS) is 10.1. The Labute approximate surface area is 88.2 Å². The highest BCUT2D eigenvalue weighted by Crippen LogP contribution is 2.05. The van der Waals surface area contributed by atoms with Crippen molar-refractivity contribution in [1.29, 1.82) is 0 Å². The number of hydrogen-bond donors (Lipinski definition) is 1. The van der Waals surface area contributed by atoms with Crippen molar-refractivity contribution >= 4 is 23.3 Å². The molecule has 14 heavy (non-hydrogen) atoms. The molecule has 0 radical (unpaired) electrons. The van der Waals surface area contributed by atoms with Crippen molar-refractivity contribution in [2.24, 2.45) is 7.05 Å². The van der Waals surface area contributed by atoms with E-state index < -0.39 is 0 Å². The van der Waals surface area contributed by atoms with Gasteiger partial charge in [0.15, 0.2) is 0 Å². The van der Waals surface area contributed by atoms with Crippen molar-refractivity contribution in [1.82, 2.24) is 9.78 Å². The molecule has 78 valence electrons. The molecular formula is C9H14ClN3O. The van der Waals surface area contributed by atoms with Gasteiger partial charge in [0, 0.05) is 25.4 Å². The number of halogens is 1. The summed E-state index contributed by atoms with van der Waals surface area (Å²) >= 11 is 5.51. The molecule has 1 N–H and O–H groups in total. The lowest BCUT2D eigenvalue weighted by Gasteiger charge is -2.04. The highest BCUT2D eigenvalue weighted by molar-refractivity contribution is 6.17. The Bertz CT molecular complexity index is 298. The third-order valence-corrected chi connectivity index (χ3v) is 2.14. The molecule has 1 amide bonds. The maximum Gasteiger partial charge on any atom is 0.225 e. The summed E-state index contributed by atoms with van der Waals surface area (Å²) < 4.78 is 1.62. The van der Waals surface area contributed by atoms with Crippen LogP contribution in [0.5, 0.6) is 0 Å². The fourth-order valence-corrected chi connectivity index (χ4v) is 1.27. The summed E-state index contributed by atoms with van der Waals surface area (Å²) in [5.41, 5.74) is 0. The lowest BCUT2D eigenvalue weighted by Crippen LogP contribution is -2.13. The minimum absolute atomic E-state index is 0.0127. The van der Waals surface area contributed by atoms with Gasteiger partial charge in [-0.3, -0.25) is 9.48 Å². The van der Waals surface area contributed by atoms with Gasteiger partial charge < -0.3 is 5.32 Å². The van der Waals surface area contributed by atoms with Gasteiger partial charge in [-0.2, -0.15) is 5.10 Å². The first-order valence-corrected chi connectivity index (χ1v) is 5.11. The molecule has 0 saturated carbocycles. The molecule has 1 rings (SSSR count). The quantitative estimate of drug-likeness (QED) is 0.601. The van der Waals surface area contributed by atoms with Crippen molar-refractivity contribution < 1.29 is 4.79 Å². The van der Waals surface area contributed by atoms with E-state index in [9.17, 15) is 4.79 Å². The Kier molecular flexibility index (Phi) is 4.46. The number of carbonyl (C=O) groups excluding carboxylic acids is 1. The number of aromatic nitrogens is 2. The summed E-state index contributed by atoms with van der Waals surface area (Å²) in [5, 5.41) is 6.71. The van der Waals surface area contributed by atoms with Crippen LogP contribution in [0.4, 0.5) is 5.82 Å². The van der Waals surface area contributed by atoms with Crippen LogP contribution in [-0.4, -0.2) is 21.6 Å². The number of amides is 1. The molecule has 0 unspecified atom stereocenters. The zero-order valence-corrected chi connectivity index (χ0v) is 8.92. The second-order valence-corrected chi connectivity index (χ2v) is 3.41. The van der Waals surface area contributed by atoms with Gasteiger partial charge in [0.2, 0.25) is 5.91 Å². The van der Waals surface area contributed by atoms with Gasteiger partial charge in [0.25, 0.3) is 0 Å². The van der Waals surface area contributed by atoms with Crippen molar-refractivity contribution in [2.75, 3.05) is 11.2 Å². The zero-order chi connectivity index (χ0) is 10.4. The number of anilines is 1. The number of rotatable bonds is 5. The van der Waals surface area contributed by atoms with Gasteiger partial charge in [0.05, 0.1) is 6.20 Å². The summed E-state index contributed by atoms with van der Waals surface area (Å²) in [6.45, 7) is 0. The molecule has 1 aromatic rings. The van der Waals surface area contributed by atoms with Gasteiger partial charge in [0.1, 0.15) is 5.82 Å². The minimum Gasteiger partial charge on any atom is -0.311 e. The smallest absolute Gasteiger partial charge is 0.225 e. The fourth-order valence-electron chi connectivity index (χ4n) is 1.08. The first kappa shape index (κ1) is 11.0. The van der Waals surface area contributed by atoms with Crippen molar-refractivity contribution in [3.05, 3.63) is 12.3 Å². The number of unbranched alkanes of at least 4 members (excludes halogenated alkanes) is 1. The van der Waals surface area contributed by atoms with E-state index in [1.54, 1.807) is 24.0 Å². The molecule has 0 aromatic carbocycles. The van der Waals surface area contributed by atoms with Crippen molar-refractivity contribution in [3.8, 4) is 0 Å². The van der Waals surface area contributed by atoms with E-state index in [0.717, 1.165) is 18.7 Å². The van der Waals surface area contributed by atoms with Crippen LogP contribution in [0.25, 0.3) is 0 Å². The van der Waals surface area contributed by atoms with Crippen LogP contribution in [0, 0.1) is 0 Å². The molecule has 1 heterocycles. The lowest BCUT2D eigenvalue weighted by molar-refractivity contribution is -0.116. The Morgan fingerprint density at radius 1 is 1.64 bits per heavy atom. The van der Waals surface area contributed by atoms with Gasteiger partial charge >= 0.3 is 0 Å². The van der Waals surface area contributed by atoms with E-state index in [4.69, 9.17) is 11.6 Å². The topological polar surface area (TPSA) is 46.9 Å². The molecule has 1 aromatic heterocycles. The molecule has 0 bridgehead atoms. The van der Waals surface area contributed by atoms with Crippen LogP contribution in [0.1, 0.15) is 19.3 Å². The highest BCUT2D eigenvalue weighted by atomic mass is 35.5. The maximum absolute atomic E-state index is 11.3. The number of nitrogens with zero attached hydrogens (tertiary/aromatic N) is 2. The summed E-state index contributed by atoms with van der Waals surface area (Å²) in [6, 6.07) is 1.76. The second kappa shape index (κ2) is 5.65. The summed E-state index contributed by atoms with van der Waals surface area (Å²) in [6.07, 6.45) is 3.86. The van der Waals surface area contributed by atoms with Crippen LogP contribution >= 0.6 is 11.6 Å². The molecule has 0 aliphatic carbocycles. The highest BCUT2D eigenvalue weighted by Gasteiger charge is 2.04. The minimum atomic E-state index is 0.0127. The van der Waals surface area contributed by atoms with E-state index in [1.165, 1.54) is 0 Å². The third kappa shape index (κ3) is 3.38. The standard InChI is InChI=1S/C9H14ClN3O/c1-13-8(5-7-11-13)12-9(14)4-2-3-6-10/h5,7H,2-4,6H2,1H3,(H,12,14). The molecule has 0 atom stereocenters. The number of nitrogens with one attached hydrogen (secondary N) is 1. The van der Waals surface area contributed by atoms with Gasteiger partial charge in [-0.25, -0.2) is 0 Å². The predicted octanol–water partition coefficient (Wildman–Crippen LogP) is 1.77. The molecular weight excluding hydrogens is 202 g/mol. The summed E-state index contributed by atoms with van der Waals surface area (Å²) in [7, 11) is 1.79. The summed E-state index contributed by atoms with van der Waals surface area (Å²) in [5.74, 6) is 1.35. The predicted molar refractivity (Wildman–Crippen MR) is 56.4 cm³/mol. The molecule has 0 spiro atoms. The largest absolute Gasteiger partial charge is 0.311 e. The first-order valence-electron chi connectivity index (χ1n) is 4.58. The SMILES string of the molecule is Cn1nccc1NC(=O)CCCCCl. The third-order valence-electron chi connectivity index (χ3n) is 1.88. The van der Waals surface area contributed by atoms with E-state index in [0.29, 0.717) is 12.3 Å². The monoisotopic (exact) mass is 215 g/mol. The molecule has 0 fully saturated rings. The van der Waals surface area contributed by atoms with Gasteiger partial charge in [-0.15, -0.1) is 11.6 Å². The number of carbonyl (C=O) groups is 1. The number of aryl methyl sites for hydroxylation is 1. The van der Waals surface area contributed by atoms with Crippen LogP contribution in [0.2, 0.25) is 0 Å². The van der Waals surface area contributed by atoms with E-state index in [1.807, 2.05) is 0 Å². The van der Waals surface area contributed by atoms with E-state index in [-0.39, 0.29) is 5.91 Å². The molecule has 5 heteroatoms. The van der Waals surface area contributed by atoms with Crippen molar-refractivity contribution in [3.63, 3.8) is 0 Å². The molecule has 0 aliphatic rings.